The van der Waals surface area contributed by atoms with Gasteiger partial charge in [0.25, 0.3) is 0 Å². The number of ether oxygens (including phenoxy) is 2. The van der Waals surface area contributed by atoms with E-state index in [9.17, 15) is 5.11 Å². The van der Waals surface area contributed by atoms with Crippen molar-refractivity contribution in [1.29, 1.82) is 0 Å². The first kappa shape index (κ1) is 16.1. The van der Waals surface area contributed by atoms with Gasteiger partial charge in [-0.3, -0.25) is 4.99 Å². The van der Waals surface area contributed by atoms with E-state index in [-0.39, 0.29) is 13.2 Å². The third-order valence-corrected chi connectivity index (χ3v) is 3.72. The summed E-state index contributed by atoms with van der Waals surface area (Å²) < 4.78 is 11.6. The van der Waals surface area contributed by atoms with Gasteiger partial charge in [0.1, 0.15) is 18.5 Å². The lowest BCUT2D eigenvalue weighted by molar-refractivity contribution is 0.0670. The molecule has 0 bridgehead atoms. The molecule has 1 aromatic rings. The maximum atomic E-state index is 9.90. The van der Waals surface area contributed by atoms with Gasteiger partial charge in [0, 0.05) is 13.1 Å². The van der Waals surface area contributed by atoms with Gasteiger partial charge in [-0.15, -0.1) is 0 Å². The van der Waals surface area contributed by atoms with E-state index in [1.54, 1.807) is 0 Å². The maximum Gasteiger partial charge on any atom is 0.191 e. The van der Waals surface area contributed by atoms with Crippen molar-refractivity contribution in [3.05, 3.63) is 28.7 Å². The van der Waals surface area contributed by atoms with Crippen LogP contribution in [0.1, 0.15) is 0 Å². The molecule has 1 saturated heterocycles. The second-order valence-electron chi connectivity index (χ2n) is 4.69. The molecule has 3 N–H and O–H groups in total. The Morgan fingerprint density at radius 3 is 2.86 bits per heavy atom. The molecular formula is C14H20BrN3O3. The lowest BCUT2D eigenvalue weighted by Crippen LogP contribution is -2.45. The number of aliphatic imine (C=N–C) groups is 1. The smallest absolute Gasteiger partial charge is 0.191 e. The number of hydrogen-bond donors (Lipinski definition) is 2. The largest absolute Gasteiger partial charge is 0.490 e. The number of rotatable bonds is 5. The molecule has 0 aliphatic carbocycles. The highest BCUT2D eigenvalue weighted by Crippen LogP contribution is 2.23. The topological polar surface area (TPSA) is 80.3 Å². The van der Waals surface area contributed by atoms with Crippen molar-refractivity contribution >= 4 is 21.9 Å². The van der Waals surface area contributed by atoms with E-state index in [2.05, 4.69) is 20.9 Å². The SMILES string of the molecule is NC(=NCC(O)COc1ccccc1Br)N1CCOCC1. The number of nitrogens with zero attached hydrogens (tertiary/aromatic N) is 2. The first-order chi connectivity index (χ1) is 10.2. The number of halogens is 1. The van der Waals surface area contributed by atoms with Crippen LogP contribution >= 0.6 is 15.9 Å². The molecule has 1 aliphatic rings. The van der Waals surface area contributed by atoms with E-state index in [1.807, 2.05) is 29.2 Å². The summed E-state index contributed by atoms with van der Waals surface area (Å²) in [4.78, 5) is 6.15. The third-order valence-electron chi connectivity index (χ3n) is 3.07. The zero-order valence-electron chi connectivity index (χ0n) is 11.7. The Kier molecular flexibility index (Phi) is 6.28. The van der Waals surface area contributed by atoms with Gasteiger partial charge in [0.2, 0.25) is 0 Å². The summed E-state index contributed by atoms with van der Waals surface area (Å²) in [7, 11) is 0. The van der Waals surface area contributed by atoms with Crippen molar-refractivity contribution < 1.29 is 14.6 Å². The minimum Gasteiger partial charge on any atom is -0.490 e. The van der Waals surface area contributed by atoms with Crippen LogP contribution in [0.5, 0.6) is 5.75 Å². The minimum absolute atomic E-state index is 0.169. The number of para-hydroxylation sites is 1. The summed E-state index contributed by atoms with van der Waals surface area (Å²) in [5.41, 5.74) is 5.89. The van der Waals surface area contributed by atoms with Gasteiger partial charge >= 0.3 is 0 Å². The van der Waals surface area contributed by atoms with Crippen LogP contribution in [0.25, 0.3) is 0 Å². The van der Waals surface area contributed by atoms with E-state index in [0.29, 0.717) is 24.9 Å². The normalized spacial score (nSPS) is 17.6. The zero-order chi connectivity index (χ0) is 15.1. The molecule has 116 valence electrons. The van der Waals surface area contributed by atoms with Gasteiger partial charge in [-0.2, -0.15) is 0 Å². The molecule has 1 atom stereocenters. The Morgan fingerprint density at radius 2 is 2.14 bits per heavy atom. The number of aliphatic hydroxyl groups is 1. The summed E-state index contributed by atoms with van der Waals surface area (Å²) in [6, 6.07) is 7.50. The average molecular weight is 358 g/mol. The summed E-state index contributed by atoms with van der Waals surface area (Å²) in [5.74, 6) is 1.14. The van der Waals surface area contributed by atoms with Crippen LogP contribution in [0.2, 0.25) is 0 Å². The van der Waals surface area contributed by atoms with Crippen molar-refractivity contribution in [2.24, 2.45) is 10.7 Å². The summed E-state index contributed by atoms with van der Waals surface area (Å²) in [6.07, 6.45) is -0.698. The summed E-state index contributed by atoms with van der Waals surface area (Å²) in [5, 5.41) is 9.90. The lowest BCUT2D eigenvalue weighted by atomic mass is 10.3. The molecule has 1 fully saturated rings. The predicted octanol–water partition coefficient (Wildman–Crippen LogP) is 0.836. The number of nitrogens with two attached hydrogens (primary N) is 1. The van der Waals surface area contributed by atoms with E-state index in [4.69, 9.17) is 15.2 Å². The van der Waals surface area contributed by atoms with Crippen LogP contribution in [0.4, 0.5) is 0 Å². The molecule has 7 heteroatoms. The number of guanidine groups is 1. The molecule has 1 aromatic carbocycles. The number of morpholine rings is 1. The van der Waals surface area contributed by atoms with Gasteiger partial charge in [-0.25, -0.2) is 0 Å². The van der Waals surface area contributed by atoms with Crippen LogP contribution in [0, 0.1) is 0 Å². The Morgan fingerprint density at radius 1 is 1.43 bits per heavy atom. The standard InChI is InChI=1S/C14H20BrN3O3/c15-12-3-1-2-4-13(12)21-10-11(19)9-17-14(16)18-5-7-20-8-6-18/h1-4,11,19H,5-10H2,(H2,16,17). The van der Waals surface area contributed by atoms with E-state index in [0.717, 1.165) is 17.6 Å². The van der Waals surface area contributed by atoms with E-state index in [1.165, 1.54) is 0 Å². The molecule has 1 heterocycles. The minimum atomic E-state index is -0.698. The molecule has 0 amide bonds. The highest BCUT2D eigenvalue weighted by Gasteiger charge is 2.13. The summed E-state index contributed by atoms with van der Waals surface area (Å²) >= 11 is 3.39. The second kappa shape index (κ2) is 8.21. The third kappa shape index (κ3) is 5.18. The maximum absolute atomic E-state index is 9.90. The van der Waals surface area contributed by atoms with Gasteiger partial charge < -0.3 is 25.2 Å². The number of hydrogen-bond acceptors (Lipinski definition) is 4. The molecule has 0 radical (unpaired) electrons. The number of aliphatic hydroxyl groups excluding tert-OH is 1. The molecule has 0 saturated carbocycles. The first-order valence-corrected chi connectivity index (χ1v) is 7.64. The van der Waals surface area contributed by atoms with Gasteiger partial charge in [0.15, 0.2) is 5.96 Å². The van der Waals surface area contributed by atoms with Crippen LogP contribution in [0.3, 0.4) is 0 Å². The highest BCUT2D eigenvalue weighted by molar-refractivity contribution is 9.10. The van der Waals surface area contributed by atoms with Crippen molar-refractivity contribution in [3.8, 4) is 5.75 Å². The molecule has 1 aliphatic heterocycles. The van der Waals surface area contributed by atoms with Crippen LogP contribution in [-0.4, -0.2) is 61.5 Å². The number of benzene rings is 1. The van der Waals surface area contributed by atoms with Crippen LogP contribution in [0.15, 0.2) is 33.7 Å². The Bertz CT molecular complexity index is 478. The summed E-state index contributed by atoms with van der Waals surface area (Å²) in [6.45, 7) is 3.17. The quantitative estimate of drug-likeness (QED) is 0.602. The molecule has 0 aromatic heterocycles. The molecular weight excluding hydrogens is 338 g/mol. The monoisotopic (exact) mass is 357 g/mol. The molecule has 1 unspecified atom stereocenters. The predicted molar refractivity (Wildman–Crippen MR) is 84.5 cm³/mol. The van der Waals surface area contributed by atoms with Gasteiger partial charge in [0.05, 0.1) is 24.2 Å². The van der Waals surface area contributed by atoms with Crippen molar-refractivity contribution in [1.82, 2.24) is 4.90 Å². The van der Waals surface area contributed by atoms with E-state index < -0.39 is 6.10 Å². The second-order valence-corrected chi connectivity index (χ2v) is 5.55. The Hall–Kier alpha value is -1.31. The Labute approximate surface area is 132 Å². The van der Waals surface area contributed by atoms with Crippen LogP contribution in [-0.2, 0) is 4.74 Å². The average Bonchev–Trinajstić information content (AvgIpc) is 2.52. The molecule has 6 nitrogen and oxygen atoms in total. The van der Waals surface area contributed by atoms with Crippen molar-refractivity contribution in [3.63, 3.8) is 0 Å². The van der Waals surface area contributed by atoms with Gasteiger partial charge in [-0.05, 0) is 28.1 Å². The molecule has 0 spiro atoms. The van der Waals surface area contributed by atoms with Crippen LogP contribution < -0.4 is 10.5 Å². The first-order valence-electron chi connectivity index (χ1n) is 6.85. The lowest BCUT2D eigenvalue weighted by Gasteiger charge is -2.27. The Balaban J connectivity index is 1.76. The van der Waals surface area contributed by atoms with E-state index >= 15 is 0 Å². The highest BCUT2D eigenvalue weighted by atomic mass is 79.9. The molecule has 2 rings (SSSR count). The fourth-order valence-electron chi connectivity index (χ4n) is 1.89. The fourth-order valence-corrected chi connectivity index (χ4v) is 2.29. The van der Waals surface area contributed by atoms with Gasteiger partial charge in [-0.1, -0.05) is 12.1 Å². The van der Waals surface area contributed by atoms with Crippen molar-refractivity contribution in [2.45, 2.75) is 6.10 Å². The van der Waals surface area contributed by atoms with Crippen molar-refractivity contribution in [2.75, 3.05) is 39.5 Å². The fraction of sp³-hybridized carbons (Fsp3) is 0.500. The zero-order valence-corrected chi connectivity index (χ0v) is 13.3. The molecule has 21 heavy (non-hydrogen) atoms.